The summed E-state index contributed by atoms with van der Waals surface area (Å²) in [5.41, 5.74) is 0. The third kappa shape index (κ3) is 1.05. The lowest BCUT2D eigenvalue weighted by Gasteiger charge is -2.14. The van der Waals surface area contributed by atoms with Crippen LogP contribution >= 0.6 is 0 Å². The van der Waals surface area contributed by atoms with Crippen LogP contribution in [-0.2, 0) is 4.79 Å². The molecule has 2 rings (SSSR count). The minimum atomic E-state index is -0.561. The molecule has 4 atom stereocenters. The Labute approximate surface area is 66.6 Å². The summed E-state index contributed by atoms with van der Waals surface area (Å²) in [6, 6.07) is 0. The Morgan fingerprint density at radius 3 is 2.64 bits per heavy atom. The van der Waals surface area contributed by atoms with E-state index in [2.05, 4.69) is 6.92 Å². The Morgan fingerprint density at radius 2 is 2.09 bits per heavy atom. The highest BCUT2D eigenvalue weighted by Gasteiger charge is 2.56. The van der Waals surface area contributed by atoms with E-state index in [1.54, 1.807) is 0 Å². The maximum absolute atomic E-state index is 10.6. The molecule has 2 saturated carbocycles. The summed E-state index contributed by atoms with van der Waals surface area (Å²) in [7, 11) is 0. The van der Waals surface area contributed by atoms with Gasteiger partial charge in [0, 0.05) is 0 Å². The van der Waals surface area contributed by atoms with E-state index in [9.17, 15) is 4.79 Å². The van der Waals surface area contributed by atoms with Crippen LogP contribution in [0.1, 0.15) is 26.2 Å². The van der Waals surface area contributed by atoms with E-state index in [1.165, 1.54) is 6.42 Å². The van der Waals surface area contributed by atoms with Crippen LogP contribution in [0.3, 0.4) is 0 Å². The Kier molecular flexibility index (Phi) is 1.44. The van der Waals surface area contributed by atoms with Gasteiger partial charge in [-0.25, -0.2) is 0 Å². The fraction of sp³-hybridized carbons (Fsp3) is 0.889. The Hall–Kier alpha value is -0.530. The first kappa shape index (κ1) is 7.14. The molecule has 0 aliphatic heterocycles. The third-order valence-electron chi connectivity index (χ3n) is 3.28. The van der Waals surface area contributed by atoms with E-state index in [1.807, 2.05) is 0 Å². The van der Waals surface area contributed by atoms with Crippen molar-refractivity contribution in [3.8, 4) is 0 Å². The van der Waals surface area contributed by atoms with Crippen molar-refractivity contribution < 1.29 is 9.90 Å². The summed E-state index contributed by atoms with van der Waals surface area (Å²) in [6.07, 6.45) is 3.55. The second-order valence-electron chi connectivity index (χ2n) is 4.11. The number of carboxylic acids is 1. The summed E-state index contributed by atoms with van der Waals surface area (Å²) in [5.74, 6) is 1.31. The highest BCUT2D eigenvalue weighted by Crippen LogP contribution is 2.56. The molecule has 2 heteroatoms. The SMILES string of the molecule is CC1CCC2C(C1)C2C(=O)O. The van der Waals surface area contributed by atoms with Crippen molar-refractivity contribution in [2.45, 2.75) is 26.2 Å². The lowest BCUT2D eigenvalue weighted by molar-refractivity contribution is -0.139. The number of fused-ring (bicyclic) bond motifs is 1. The van der Waals surface area contributed by atoms with Crippen LogP contribution in [0.4, 0.5) is 0 Å². The molecule has 0 heterocycles. The van der Waals surface area contributed by atoms with Gasteiger partial charge in [-0.1, -0.05) is 13.3 Å². The van der Waals surface area contributed by atoms with Crippen molar-refractivity contribution in [3.63, 3.8) is 0 Å². The van der Waals surface area contributed by atoms with Crippen LogP contribution in [0.25, 0.3) is 0 Å². The molecule has 2 aliphatic rings. The summed E-state index contributed by atoms with van der Waals surface area (Å²) in [6.45, 7) is 2.23. The van der Waals surface area contributed by atoms with Gasteiger partial charge in [-0.2, -0.15) is 0 Å². The van der Waals surface area contributed by atoms with Gasteiger partial charge in [0.15, 0.2) is 0 Å². The maximum Gasteiger partial charge on any atom is 0.307 e. The average Bonchev–Trinajstić information content (AvgIpc) is 2.60. The second kappa shape index (κ2) is 2.23. The maximum atomic E-state index is 10.6. The zero-order valence-electron chi connectivity index (χ0n) is 6.79. The van der Waals surface area contributed by atoms with Crippen LogP contribution < -0.4 is 0 Å². The van der Waals surface area contributed by atoms with Crippen LogP contribution in [0.15, 0.2) is 0 Å². The van der Waals surface area contributed by atoms with Crippen molar-refractivity contribution in [1.82, 2.24) is 0 Å². The number of carboxylic acid groups (broad SMARTS) is 1. The van der Waals surface area contributed by atoms with Gasteiger partial charge in [0.2, 0.25) is 0 Å². The third-order valence-corrected chi connectivity index (χ3v) is 3.28. The molecule has 0 aromatic carbocycles. The topological polar surface area (TPSA) is 37.3 Å². The van der Waals surface area contributed by atoms with Crippen molar-refractivity contribution in [3.05, 3.63) is 0 Å². The average molecular weight is 154 g/mol. The standard InChI is InChI=1S/C9H14O2/c1-5-2-3-6-7(4-5)8(6)9(10)11/h5-8H,2-4H2,1H3,(H,10,11). The predicted molar refractivity (Wildman–Crippen MR) is 41.1 cm³/mol. The van der Waals surface area contributed by atoms with Gasteiger partial charge in [0.25, 0.3) is 0 Å². The first-order valence-corrected chi connectivity index (χ1v) is 4.43. The van der Waals surface area contributed by atoms with Gasteiger partial charge in [0.05, 0.1) is 5.92 Å². The van der Waals surface area contributed by atoms with Crippen molar-refractivity contribution in [2.75, 3.05) is 0 Å². The largest absolute Gasteiger partial charge is 0.481 e. The highest BCUT2D eigenvalue weighted by molar-refractivity contribution is 5.74. The van der Waals surface area contributed by atoms with Gasteiger partial charge < -0.3 is 5.11 Å². The smallest absolute Gasteiger partial charge is 0.307 e. The zero-order chi connectivity index (χ0) is 8.01. The number of carbonyl (C=O) groups is 1. The lowest BCUT2D eigenvalue weighted by Crippen LogP contribution is -2.03. The quantitative estimate of drug-likeness (QED) is 0.624. The molecule has 0 saturated heterocycles. The van der Waals surface area contributed by atoms with E-state index in [4.69, 9.17) is 5.11 Å². The fourth-order valence-corrected chi connectivity index (χ4v) is 2.59. The molecular formula is C9H14O2. The van der Waals surface area contributed by atoms with E-state index in [-0.39, 0.29) is 5.92 Å². The van der Waals surface area contributed by atoms with Crippen molar-refractivity contribution >= 4 is 5.97 Å². The van der Waals surface area contributed by atoms with E-state index >= 15 is 0 Å². The normalized spacial score (nSPS) is 48.1. The van der Waals surface area contributed by atoms with Crippen LogP contribution in [-0.4, -0.2) is 11.1 Å². The molecule has 62 valence electrons. The summed E-state index contributed by atoms with van der Waals surface area (Å²) >= 11 is 0. The molecule has 2 aliphatic carbocycles. The van der Waals surface area contributed by atoms with Crippen LogP contribution in [0.2, 0.25) is 0 Å². The zero-order valence-corrected chi connectivity index (χ0v) is 6.79. The molecule has 0 aromatic rings. The Balaban J connectivity index is 1.98. The van der Waals surface area contributed by atoms with Crippen molar-refractivity contribution in [1.29, 1.82) is 0 Å². The van der Waals surface area contributed by atoms with E-state index in [0.717, 1.165) is 18.8 Å². The van der Waals surface area contributed by atoms with Gasteiger partial charge >= 0.3 is 5.97 Å². The predicted octanol–water partition coefficient (Wildman–Crippen LogP) is 1.75. The van der Waals surface area contributed by atoms with Crippen LogP contribution in [0.5, 0.6) is 0 Å². The number of rotatable bonds is 1. The second-order valence-corrected chi connectivity index (χ2v) is 4.11. The number of hydrogen-bond donors (Lipinski definition) is 1. The molecule has 0 radical (unpaired) electrons. The molecule has 2 fully saturated rings. The summed E-state index contributed by atoms with van der Waals surface area (Å²) in [4.78, 5) is 10.6. The monoisotopic (exact) mass is 154 g/mol. The number of aliphatic carboxylic acids is 1. The molecular weight excluding hydrogens is 140 g/mol. The van der Waals surface area contributed by atoms with E-state index in [0.29, 0.717) is 11.8 Å². The first-order chi connectivity index (χ1) is 5.20. The molecule has 2 nitrogen and oxygen atoms in total. The van der Waals surface area contributed by atoms with Gasteiger partial charge in [0.1, 0.15) is 0 Å². The van der Waals surface area contributed by atoms with Gasteiger partial charge in [-0.05, 0) is 30.6 Å². The first-order valence-electron chi connectivity index (χ1n) is 4.43. The minimum absolute atomic E-state index is 0.0277. The summed E-state index contributed by atoms with van der Waals surface area (Å²) in [5, 5.41) is 8.77. The number of hydrogen-bond acceptors (Lipinski definition) is 1. The molecule has 0 bridgehead atoms. The van der Waals surface area contributed by atoms with E-state index < -0.39 is 5.97 Å². The molecule has 0 aromatic heterocycles. The summed E-state index contributed by atoms with van der Waals surface area (Å²) < 4.78 is 0. The Morgan fingerprint density at radius 1 is 1.36 bits per heavy atom. The molecule has 0 amide bonds. The molecule has 11 heavy (non-hydrogen) atoms. The van der Waals surface area contributed by atoms with Crippen molar-refractivity contribution in [2.24, 2.45) is 23.7 Å². The lowest BCUT2D eigenvalue weighted by atomic mass is 9.91. The van der Waals surface area contributed by atoms with Crippen LogP contribution in [0, 0.1) is 23.7 Å². The molecule has 1 N–H and O–H groups in total. The Bertz CT molecular complexity index is 188. The van der Waals surface area contributed by atoms with Gasteiger partial charge in [-0.3, -0.25) is 4.79 Å². The fourth-order valence-electron chi connectivity index (χ4n) is 2.59. The minimum Gasteiger partial charge on any atom is -0.481 e. The van der Waals surface area contributed by atoms with Gasteiger partial charge in [-0.15, -0.1) is 0 Å². The highest BCUT2D eigenvalue weighted by atomic mass is 16.4. The molecule has 4 unspecified atom stereocenters. The molecule has 0 spiro atoms.